The van der Waals surface area contributed by atoms with E-state index >= 15 is 0 Å². The molecule has 0 spiro atoms. The summed E-state index contributed by atoms with van der Waals surface area (Å²) in [6, 6.07) is 2.37. The molecule has 2 rings (SSSR count). The molecule has 1 aromatic carbocycles. The molecule has 24 heavy (non-hydrogen) atoms. The lowest BCUT2D eigenvalue weighted by Crippen LogP contribution is -2.42. The Kier molecular flexibility index (Phi) is 4.81. The Hall–Kier alpha value is -1.83. The Morgan fingerprint density at radius 3 is 2.54 bits per heavy atom. The van der Waals surface area contributed by atoms with Crippen LogP contribution in [-0.4, -0.2) is 36.1 Å². The minimum atomic E-state index is -4.73. The average molecular weight is 350 g/mol. The minimum Gasteiger partial charge on any atom is -0.496 e. The number of carboxylic acid groups (broad SMARTS) is 1. The van der Waals surface area contributed by atoms with Crippen molar-refractivity contribution in [2.75, 3.05) is 7.11 Å². The maximum absolute atomic E-state index is 13.9. The number of carboxylic acids is 1. The van der Waals surface area contributed by atoms with Gasteiger partial charge in [-0.3, -0.25) is 0 Å². The van der Waals surface area contributed by atoms with Crippen LogP contribution >= 0.6 is 0 Å². The Labute approximate surface area is 136 Å². The number of aliphatic carboxylic acids is 1. The van der Waals surface area contributed by atoms with Crippen molar-refractivity contribution in [2.24, 2.45) is 0 Å². The van der Waals surface area contributed by atoms with Gasteiger partial charge in [0.1, 0.15) is 11.6 Å². The molecule has 1 aromatic rings. The number of benzene rings is 1. The fourth-order valence-corrected chi connectivity index (χ4v) is 3.10. The van der Waals surface area contributed by atoms with Crippen LogP contribution in [0.3, 0.4) is 0 Å². The maximum atomic E-state index is 13.9. The van der Waals surface area contributed by atoms with Crippen molar-refractivity contribution in [3.05, 3.63) is 29.1 Å². The zero-order valence-corrected chi connectivity index (χ0v) is 13.4. The van der Waals surface area contributed by atoms with Crippen LogP contribution in [0.2, 0.25) is 0 Å². The standard InChI is InChI=1S/C16H18F4O4/c1-4-8-11(17)6-5-9(12(8)23-3)10-7-15(2,16(18,19)20)24-13(10)14(21)22/h5-6,10,13H,4,7H2,1-3H3,(H,21,22). The van der Waals surface area contributed by atoms with E-state index in [1.54, 1.807) is 6.92 Å². The summed E-state index contributed by atoms with van der Waals surface area (Å²) in [5, 5.41) is 9.28. The third kappa shape index (κ3) is 2.94. The first-order valence-corrected chi connectivity index (χ1v) is 7.38. The molecule has 0 aliphatic carbocycles. The number of ether oxygens (including phenoxy) is 2. The highest BCUT2D eigenvalue weighted by molar-refractivity contribution is 5.75. The largest absolute Gasteiger partial charge is 0.496 e. The van der Waals surface area contributed by atoms with E-state index in [9.17, 15) is 27.5 Å². The second kappa shape index (κ2) is 6.23. The van der Waals surface area contributed by atoms with Crippen LogP contribution in [0.4, 0.5) is 17.6 Å². The number of hydrogen-bond donors (Lipinski definition) is 1. The molecule has 0 amide bonds. The molecule has 0 aromatic heterocycles. The highest BCUT2D eigenvalue weighted by Gasteiger charge is 2.61. The molecule has 8 heteroatoms. The minimum absolute atomic E-state index is 0.0729. The Morgan fingerprint density at radius 1 is 1.46 bits per heavy atom. The van der Waals surface area contributed by atoms with Crippen molar-refractivity contribution in [1.29, 1.82) is 0 Å². The summed E-state index contributed by atoms with van der Waals surface area (Å²) >= 11 is 0. The first kappa shape index (κ1) is 18.5. The summed E-state index contributed by atoms with van der Waals surface area (Å²) in [5.74, 6) is -3.08. The Bertz CT molecular complexity index is 644. The number of halogens is 4. The van der Waals surface area contributed by atoms with Gasteiger partial charge in [0.25, 0.3) is 0 Å². The SMILES string of the molecule is CCc1c(F)ccc(C2CC(C)(C(F)(F)F)OC2C(=O)O)c1OC. The third-order valence-electron chi connectivity index (χ3n) is 4.40. The van der Waals surface area contributed by atoms with Gasteiger partial charge in [0, 0.05) is 17.0 Å². The number of methoxy groups -OCH3 is 1. The van der Waals surface area contributed by atoms with E-state index in [2.05, 4.69) is 0 Å². The molecule has 3 atom stereocenters. The van der Waals surface area contributed by atoms with E-state index in [0.717, 1.165) is 13.0 Å². The summed E-state index contributed by atoms with van der Waals surface area (Å²) in [4.78, 5) is 11.4. The number of rotatable bonds is 4. The van der Waals surface area contributed by atoms with Crippen molar-refractivity contribution in [2.45, 2.75) is 50.5 Å². The first-order valence-electron chi connectivity index (χ1n) is 7.38. The van der Waals surface area contributed by atoms with Crippen molar-refractivity contribution in [3.63, 3.8) is 0 Å². The molecule has 134 valence electrons. The quantitative estimate of drug-likeness (QED) is 0.842. The van der Waals surface area contributed by atoms with Crippen molar-refractivity contribution < 1.29 is 36.9 Å². The van der Waals surface area contributed by atoms with Gasteiger partial charge in [0.15, 0.2) is 11.7 Å². The van der Waals surface area contributed by atoms with Crippen LogP contribution in [-0.2, 0) is 16.0 Å². The summed E-state index contributed by atoms with van der Waals surface area (Å²) in [5.41, 5.74) is -2.19. The van der Waals surface area contributed by atoms with Crippen LogP contribution in [0.1, 0.15) is 37.3 Å². The van der Waals surface area contributed by atoms with Crippen molar-refractivity contribution >= 4 is 5.97 Å². The zero-order chi connectivity index (χ0) is 18.3. The molecular formula is C16H18F4O4. The molecule has 0 radical (unpaired) electrons. The second-order valence-electron chi connectivity index (χ2n) is 5.92. The molecule has 0 saturated carbocycles. The predicted molar refractivity (Wildman–Crippen MR) is 76.7 cm³/mol. The lowest BCUT2D eigenvalue weighted by Gasteiger charge is -2.26. The lowest BCUT2D eigenvalue weighted by molar-refractivity contribution is -0.263. The van der Waals surface area contributed by atoms with Crippen LogP contribution < -0.4 is 4.74 Å². The van der Waals surface area contributed by atoms with E-state index in [1.165, 1.54) is 13.2 Å². The second-order valence-corrected chi connectivity index (χ2v) is 5.92. The molecule has 4 nitrogen and oxygen atoms in total. The molecule has 1 saturated heterocycles. The predicted octanol–water partition coefficient (Wildman–Crippen LogP) is 3.67. The van der Waals surface area contributed by atoms with Gasteiger partial charge in [-0.15, -0.1) is 0 Å². The molecule has 0 bridgehead atoms. The molecule has 1 aliphatic heterocycles. The topological polar surface area (TPSA) is 55.8 Å². The van der Waals surface area contributed by atoms with Crippen LogP contribution in [0.15, 0.2) is 12.1 Å². The highest BCUT2D eigenvalue weighted by Crippen LogP contribution is 2.51. The monoisotopic (exact) mass is 350 g/mol. The number of alkyl halides is 3. The van der Waals surface area contributed by atoms with Gasteiger partial charge in [0.2, 0.25) is 0 Å². The van der Waals surface area contributed by atoms with E-state index < -0.39 is 42.0 Å². The van der Waals surface area contributed by atoms with Gasteiger partial charge in [-0.2, -0.15) is 13.2 Å². The molecule has 1 fully saturated rings. The fraction of sp³-hybridized carbons (Fsp3) is 0.562. The summed E-state index contributed by atoms with van der Waals surface area (Å²) in [7, 11) is 1.27. The van der Waals surface area contributed by atoms with Gasteiger partial charge in [-0.1, -0.05) is 13.0 Å². The summed E-state index contributed by atoms with van der Waals surface area (Å²) in [6.45, 7) is 2.49. The van der Waals surface area contributed by atoms with Crippen molar-refractivity contribution in [1.82, 2.24) is 0 Å². The first-order chi connectivity index (χ1) is 11.1. The van der Waals surface area contributed by atoms with Crippen LogP contribution in [0, 0.1) is 5.82 Å². The van der Waals surface area contributed by atoms with Crippen molar-refractivity contribution in [3.8, 4) is 5.75 Å². The number of carbonyl (C=O) groups is 1. The number of hydrogen-bond acceptors (Lipinski definition) is 3. The molecule has 1 heterocycles. The van der Waals surface area contributed by atoms with Crippen LogP contribution in [0.5, 0.6) is 5.75 Å². The fourth-order valence-electron chi connectivity index (χ4n) is 3.10. The molecular weight excluding hydrogens is 332 g/mol. The smallest absolute Gasteiger partial charge is 0.417 e. The molecule has 3 unspecified atom stereocenters. The molecule has 1 aliphatic rings. The third-order valence-corrected chi connectivity index (χ3v) is 4.40. The van der Waals surface area contributed by atoms with Gasteiger partial charge in [-0.05, 0) is 25.8 Å². The zero-order valence-electron chi connectivity index (χ0n) is 13.4. The highest BCUT2D eigenvalue weighted by atomic mass is 19.4. The van der Waals surface area contributed by atoms with E-state index in [1.807, 2.05) is 0 Å². The maximum Gasteiger partial charge on any atom is 0.417 e. The van der Waals surface area contributed by atoms with Crippen LogP contribution in [0.25, 0.3) is 0 Å². The van der Waals surface area contributed by atoms with E-state index in [-0.39, 0.29) is 23.3 Å². The van der Waals surface area contributed by atoms with Gasteiger partial charge >= 0.3 is 12.1 Å². The van der Waals surface area contributed by atoms with Gasteiger partial charge < -0.3 is 14.6 Å². The Balaban J connectivity index is 2.56. The lowest BCUT2D eigenvalue weighted by atomic mass is 9.85. The van der Waals surface area contributed by atoms with Gasteiger partial charge in [-0.25, -0.2) is 9.18 Å². The van der Waals surface area contributed by atoms with E-state index in [0.29, 0.717) is 0 Å². The summed E-state index contributed by atoms with van der Waals surface area (Å²) in [6.07, 6.45) is -6.75. The van der Waals surface area contributed by atoms with E-state index in [4.69, 9.17) is 9.47 Å². The summed E-state index contributed by atoms with van der Waals surface area (Å²) < 4.78 is 63.7. The Morgan fingerprint density at radius 2 is 2.08 bits per heavy atom. The average Bonchev–Trinajstić information content (AvgIpc) is 2.86. The normalized spacial score (nSPS) is 27.3. The van der Waals surface area contributed by atoms with Gasteiger partial charge in [0.05, 0.1) is 7.11 Å². The molecule has 1 N–H and O–H groups in total.